The number of carbonyl (C=O) groups excluding carboxylic acids is 1. The van der Waals surface area contributed by atoms with Gasteiger partial charge >= 0.3 is 0 Å². The second kappa shape index (κ2) is 3.90. The molecule has 2 rings (SSSR count). The van der Waals surface area contributed by atoms with Crippen molar-refractivity contribution in [2.45, 2.75) is 25.8 Å². The largest absolute Gasteiger partial charge is 0.343 e. The van der Waals surface area contributed by atoms with Gasteiger partial charge in [0.05, 0.1) is 0 Å². The summed E-state index contributed by atoms with van der Waals surface area (Å²) in [5.41, 5.74) is 0.747. The van der Waals surface area contributed by atoms with E-state index in [2.05, 4.69) is 15.6 Å². The third-order valence-electron chi connectivity index (χ3n) is 2.60. The summed E-state index contributed by atoms with van der Waals surface area (Å²) in [6.45, 7) is 5.24. The highest BCUT2D eigenvalue weighted by Gasteiger charge is 2.38. The molecule has 5 heteroatoms. The molecule has 0 spiro atoms. The standard InChI is InChI=1S/C10H15N3OS/c1-7-5-15-9(12-7)10(13-8(2)14)3-4-11-6-10/h5,11H,3-4,6H2,1-2H3,(H,13,14). The summed E-state index contributed by atoms with van der Waals surface area (Å²) >= 11 is 1.62. The Morgan fingerprint density at radius 1 is 1.73 bits per heavy atom. The van der Waals surface area contributed by atoms with Crippen molar-refractivity contribution in [1.82, 2.24) is 15.6 Å². The fourth-order valence-electron chi connectivity index (χ4n) is 1.95. The zero-order valence-electron chi connectivity index (χ0n) is 8.96. The van der Waals surface area contributed by atoms with Gasteiger partial charge in [-0.2, -0.15) is 0 Å². The normalized spacial score (nSPS) is 25.5. The van der Waals surface area contributed by atoms with E-state index in [-0.39, 0.29) is 11.4 Å². The van der Waals surface area contributed by atoms with Gasteiger partial charge in [0.15, 0.2) is 0 Å². The summed E-state index contributed by atoms with van der Waals surface area (Å²) in [7, 11) is 0. The average molecular weight is 225 g/mol. The van der Waals surface area contributed by atoms with E-state index in [4.69, 9.17) is 0 Å². The molecule has 0 bridgehead atoms. The van der Waals surface area contributed by atoms with E-state index in [1.807, 2.05) is 12.3 Å². The van der Waals surface area contributed by atoms with Crippen LogP contribution in [0.25, 0.3) is 0 Å². The lowest BCUT2D eigenvalue weighted by Gasteiger charge is -2.26. The van der Waals surface area contributed by atoms with Crippen molar-refractivity contribution >= 4 is 17.2 Å². The molecule has 1 aliphatic heterocycles. The number of amides is 1. The van der Waals surface area contributed by atoms with Crippen LogP contribution in [0.1, 0.15) is 24.0 Å². The molecule has 82 valence electrons. The van der Waals surface area contributed by atoms with Crippen LogP contribution >= 0.6 is 11.3 Å². The highest BCUT2D eigenvalue weighted by molar-refractivity contribution is 7.09. The minimum Gasteiger partial charge on any atom is -0.343 e. The van der Waals surface area contributed by atoms with Crippen LogP contribution in [0.4, 0.5) is 0 Å². The fourth-order valence-corrected chi connectivity index (χ4v) is 2.93. The Kier molecular flexibility index (Phi) is 2.75. The summed E-state index contributed by atoms with van der Waals surface area (Å²) < 4.78 is 0. The van der Waals surface area contributed by atoms with Crippen LogP contribution in [0.5, 0.6) is 0 Å². The second-order valence-corrected chi connectivity index (χ2v) is 4.84. The van der Waals surface area contributed by atoms with Crippen LogP contribution in [0.3, 0.4) is 0 Å². The molecule has 0 saturated carbocycles. The second-order valence-electron chi connectivity index (χ2n) is 3.98. The van der Waals surface area contributed by atoms with Crippen LogP contribution in [0.2, 0.25) is 0 Å². The Morgan fingerprint density at radius 2 is 2.53 bits per heavy atom. The first-order valence-electron chi connectivity index (χ1n) is 5.04. The molecule has 0 aromatic carbocycles. The Morgan fingerprint density at radius 3 is 3.00 bits per heavy atom. The lowest BCUT2D eigenvalue weighted by atomic mass is 9.99. The molecule has 1 aliphatic rings. The number of aryl methyl sites for hydroxylation is 1. The van der Waals surface area contributed by atoms with Crippen molar-refractivity contribution in [3.63, 3.8) is 0 Å². The summed E-state index contributed by atoms with van der Waals surface area (Å²) in [6, 6.07) is 0. The van der Waals surface area contributed by atoms with Gasteiger partial charge in [-0.05, 0) is 19.9 Å². The summed E-state index contributed by atoms with van der Waals surface area (Å²) in [4.78, 5) is 15.7. The van der Waals surface area contributed by atoms with Crippen LogP contribution in [-0.4, -0.2) is 24.0 Å². The quantitative estimate of drug-likeness (QED) is 0.782. The van der Waals surface area contributed by atoms with Crippen LogP contribution in [0.15, 0.2) is 5.38 Å². The number of nitrogens with zero attached hydrogens (tertiary/aromatic N) is 1. The van der Waals surface area contributed by atoms with E-state index < -0.39 is 0 Å². The van der Waals surface area contributed by atoms with Gasteiger partial charge < -0.3 is 10.6 Å². The molecule has 1 amide bonds. The van der Waals surface area contributed by atoms with Crippen molar-refractivity contribution < 1.29 is 4.79 Å². The maximum atomic E-state index is 11.2. The highest BCUT2D eigenvalue weighted by Crippen LogP contribution is 2.30. The van der Waals surface area contributed by atoms with Crippen molar-refractivity contribution in [3.05, 3.63) is 16.1 Å². The molecule has 4 nitrogen and oxygen atoms in total. The maximum absolute atomic E-state index is 11.2. The number of hydrogen-bond acceptors (Lipinski definition) is 4. The molecular formula is C10H15N3OS. The SMILES string of the molecule is CC(=O)NC1(c2nc(C)cs2)CCNC1. The van der Waals surface area contributed by atoms with Gasteiger partial charge in [0, 0.05) is 24.5 Å². The van der Waals surface area contributed by atoms with Crippen molar-refractivity contribution in [2.24, 2.45) is 0 Å². The number of nitrogens with one attached hydrogen (secondary N) is 2. The molecular weight excluding hydrogens is 210 g/mol. The third kappa shape index (κ3) is 2.03. The molecule has 1 fully saturated rings. The molecule has 2 heterocycles. The van der Waals surface area contributed by atoms with E-state index in [1.165, 1.54) is 0 Å². The summed E-state index contributed by atoms with van der Waals surface area (Å²) in [5.74, 6) is 0.00607. The van der Waals surface area contributed by atoms with E-state index in [9.17, 15) is 4.79 Å². The molecule has 1 atom stereocenters. The van der Waals surface area contributed by atoms with Gasteiger partial charge in [0.1, 0.15) is 10.5 Å². The van der Waals surface area contributed by atoms with Gasteiger partial charge in [-0.25, -0.2) is 4.98 Å². The number of aromatic nitrogens is 1. The smallest absolute Gasteiger partial charge is 0.217 e. The molecule has 1 unspecified atom stereocenters. The van der Waals surface area contributed by atoms with Crippen LogP contribution in [0, 0.1) is 6.92 Å². The van der Waals surface area contributed by atoms with Gasteiger partial charge in [-0.15, -0.1) is 11.3 Å². The molecule has 1 aromatic heterocycles. The molecule has 0 aliphatic carbocycles. The minimum atomic E-state index is -0.273. The summed E-state index contributed by atoms with van der Waals surface area (Å²) in [5, 5.41) is 9.35. The predicted octanol–water partition coefficient (Wildman–Crippen LogP) is 0.776. The average Bonchev–Trinajstić information content (AvgIpc) is 2.73. The number of rotatable bonds is 2. The highest BCUT2D eigenvalue weighted by atomic mass is 32.1. The zero-order chi connectivity index (χ0) is 10.9. The first kappa shape index (κ1) is 10.6. The topological polar surface area (TPSA) is 54.0 Å². The molecule has 1 aromatic rings. The molecule has 1 saturated heterocycles. The van der Waals surface area contributed by atoms with Crippen LogP contribution < -0.4 is 10.6 Å². The van der Waals surface area contributed by atoms with Gasteiger partial charge in [0.2, 0.25) is 5.91 Å². The van der Waals surface area contributed by atoms with E-state index >= 15 is 0 Å². The maximum Gasteiger partial charge on any atom is 0.217 e. The lowest BCUT2D eigenvalue weighted by molar-refractivity contribution is -0.120. The number of hydrogen-bond donors (Lipinski definition) is 2. The molecule has 2 N–H and O–H groups in total. The number of carbonyl (C=O) groups is 1. The van der Waals surface area contributed by atoms with Crippen molar-refractivity contribution in [1.29, 1.82) is 0 Å². The lowest BCUT2D eigenvalue weighted by Crippen LogP contribution is -2.46. The first-order chi connectivity index (χ1) is 7.12. The van der Waals surface area contributed by atoms with Gasteiger partial charge in [0.25, 0.3) is 0 Å². The molecule has 0 radical (unpaired) electrons. The number of thiazole rings is 1. The Hall–Kier alpha value is -0.940. The Balaban J connectivity index is 2.29. The van der Waals surface area contributed by atoms with Crippen molar-refractivity contribution in [3.8, 4) is 0 Å². The monoisotopic (exact) mass is 225 g/mol. The van der Waals surface area contributed by atoms with E-state index in [1.54, 1.807) is 18.3 Å². The third-order valence-corrected chi connectivity index (χ3v) is 3.76. The van der Waals surface area contributed by atoms with Crippen molar-refractivity contribution in [2.75, 3.05) is 13.1 Å². The Bertz CT molecular complexity index is 368. The van der Waals surface area contributed by atoms with E-state index in [0.29, 0.717) is 0 Å². The summed E-state index contributed by atoms with van der Waals surface area (Å²) in [6.07, 6.45) is 0.916. The van der Waals surface area contributed by atoms with E-state index in [0.717, 1.165) is 30.2 Å². The van der Waals surface area contributed by atoms with Gasteiger partial charge in [-0.1, -0.05) is 0 Å². The van der Waals surface area contributed by atoms with Gasteiger partial charge in [-0.3, -0.25) is 4.79 Å². The Labute approximate surface area is 93.1 Å². The first-order valence-corrected chi connectivity index (χ1v) is 5.92. The molecule has 15 heavy (non-hydrogen) atoms. The van der Waals surface area contributed by atoms with Crippen LogP contribution in [-0.2, 0) is 10.3 Å². The predicted molar refractivity (Wildman–Crippen MR) is 59.8 cm³/mol. The zero-order valence-corrected chi connectivity index (χ0v) is 9.78. The minimum absolute atomic E-state index is 0.00607. The fraction of sp³-hybridized carbons (Fsp3) is 0.600.